The van der Waals surface area contributed by atoms with Crippen molar-refractivity contribution in [3.63, 3.8) is 0 Å². The van der Waals surface area contributed by atoms with Crippen LogP contribution in [0, 0.1) is 6.92 Å². The van der Waals surface area contributed by atoms with Gasteiger partial charge in [-0.15, -0.1) is 11.3 Å². The molecule has 2 aliphatic rings. The topological polar surface area (TPSA) is 26.0 Å². The fourth-order valence-electron chi connectivity index (χ4n) is 2.42. The van der Waals surface area contributed by atoms with Gasteiger partial charge in [0.2, 0.25) is 0 Å². The SMILES string of the molecule is Cc1ccc(C2(C3(N)CC3)CC2)s1. The molecule has 1 nitrogen and oxygen atoms in total. The van der Waals surface area contributed by atoms with E-state index >= 15 is 0 Å². The van der Waals surface area contributed by atoms with Gasteiger partial charge in [0.15, 0.2) is 0 Å². The van der Waals surface area contributed by atoms with Crippen LogP contribution in [-0.4, -0.2) is 5.54 Å². The summed E-state index contributed by atoms with van der Waals surface area (Å²) >= 11 is 1.94. The van der Waals surface area contributed by atoms with E-state index in [1.54, 1.807) is 4.88 Å². The van der Waals surface area contributed by atoms with Crippen LogP contribution in [0.2, 0.25) is 0 Å². The first kappa shape index (κ1) is 8.01. The Morgan fingerprint density at radius 1 is 1.23 bits per heavy atom. The molecule has 1 heterocycles. The van der Waals surface area contributed by atoms with Crippen molar-refractivity contribution in [1.82, 2.24) is 0 Å². The molecule has 1 aromatic rings. The first-order valence-corrected chi connectivity index (χ1v) is 5.84. The second-order valence-corrected chi connectivity index (χ2v) is 5.94. The summed E-state index contributed by atoms with van der Waals surface area (Å²) in [5, 5.41) is 0. The predicted molar refractivity (Wildman–Crippen MR) is 56.1 cm³/mol. The van der Waals surface area contributed by atoms with E-state index in [9.17, 15) is 0 Å². The van der Waals surface area contributed by atoms with Crippen molar-refractivity contribution in [2.24, 2.45) is 5.73 Å². The summed E-state index contributed by atoms with van der Waals surface area (Å²) in [6.07, 6.45) is 5.13. The normalized spacial score (nSPS) is 27.2. The Hall–Kier alpha value is -0.340. The molecule has 0 spiro atoms. The molecular weight excluding hydrogens is 178 g/mol. The average Bonchev–Trinajstić information content (AvgIpc) is 2.97. The lowest BCUT2D eigenvalue weighted by atomic mass is 9.93. The lowest BCUT2D eigenvalue weighted by Crippen LogP contribution is -2.36. The zero-order valence-electron chi connectivity index (χ0n) is 7.97. The van der Waals surface area contributed by atoms with E-state index in [0.717, 1.165) is 0 Å². The Balaban J connectivity index is 2.00. The molecule has 2 heteroatoms. The van der Waals surface area contributed by atoms with Crippen LogP contribution in [0.4, 0.5) is 0 Å². The molecular formula is C11H15NS. The third-order valence-electron chi connectivity index (χ3n) is 3.70. The zero-order chi connectivity index (χ0) is 9.10. The highest BCUT2D eigenvalue weighted by atomic mass is 32.1. The first-order chi connectivity index (χ1) is 6.16. The van der Waals surface area contributed by atoms with E-state index in [-0.39, 0.29) is 5.54 Å². The fourth-order valence-corrected chi connectivity index (χ4v) is 3.64. The molecule has 2 aliphatic carbocycles. The number of aryl methyl sites for hydroxylation is 1. The Labute approximate surface area is 83.0 Å². The highest BCUT2D eigenvalue weighted by Crippen LogP contribution is 2.64. The summed E-state index contributed by atoms with van der Waals surface area (Å²) in [5.41, 5.74) is 6.93. The van der Waals surface area contributed by atoms with Crippen molar-refractivity contribution in [3.05, 3.63) is 21.9 Å². The van der Waals surface area contributed by atoms with Gasteiger partial charge in [-0.2, -0.15) is 0 Å². The number of hydrogen-bond donors (Lipinski definition) is 1. The molecule has 0 amide bonds. The van der Waals surface area contributed by atoms with Gasteiger partial charge in [0.1, 0.15) is 0 Å². The highest BCUT2D eigenvalue weighted by Gasteiger charge is 2.64. The van der Waals surface area contributed by atoms with Crippen molar-refractivity contribution in [3.8, 4) is 0 Å². The smallest absolute Gasteiger partial charge is 0.0261 e. The van der Waals surface area contributed by atoms with Crippen LogP contribution in [0.15, 0.2) is 12.1 Å². The summed E-state index contributed by atoms with van der Waals surface area (Å²) in [6, 6.07) is 4.52. The van der Waals surface area contributed by atoms with Gasteiger partial charge in [0.25, 0.3) is 0 Å². The maximum atomic E-state index is 6.33. The van der Waals surface area contributed by atoms with Crippen LogP contribution >= 0.6 is 11.3 Å². The van der Waals surface area contributed by atoms with Gasteiger partial charge >= 0.3 is 0 Å². The molecule has 0 saturated heterocycles. The average molecular weight is 193 g/mol. The van der Waals surface area contributed by atoms with E-state index in [1.807, 2.05) is 11.3 Å². The molecule has 0 bridgehead atoms. The van der Waals surface area contributed by atoms with Gasteiger partial charge in [-0.1, -0.05) is 0 Å². The fraction of sp³-hybridized carbons (Fsp3) is 0.636. The maximum Gasteiger partial charge on any atom is 0.0261 e. The van der Waals surface area contributed by atoms with E-state index < -0.39 is 0 Å². The molecule has 0 atom stereocenters. The van der Waals surface area contributed by atoms with Crippen molar-refractivity contribution >= 4 is 11.3 Å². The van der Waals surface area contributed by atoms with Crippen LogP contribution in [0.1, 0.15) is 35.4 Å². The summed E-state index contributed by atoms with van der Waals surface area (Å²) in [4.78, 5) is 2.97. The van der Waals surface area contributed by atoms with E-state index in [0.29, 0.717) is 5.41 Å². The third-order valence-corrected chi connectivity index (χ3v) is 4.91. The maximum absolute atomic E-state index is 6.33. The number of thiophene rings is 1. The number of rotatable bonds is 2. The second-order valence-electron chi connectivity index (χ2n) is 4.65. The molecule has 2 fully saturated rings. The molecule has 13 heavy (non-hydrogen) atoms. The quantitative estimate of drug-likeness (QED) is 0.767. The predicted octanol–water partition coefficient (Wildman–Crippen LogP) is 2.58. The summed E-state index contributed by atoms with van der Waals surface area (Å²) in [6.45, 7) is 2.18. The molecule has 0 radical (unpaired) electrons. The molecule has 0 aliphatic heterocycles. The van der Waals surface area contributed by atoms with Gasteiger partial charge in [0, 0.05) is 20.7 Å². The van der Waals surface area contributed by atoms with Crippen LogP contribution in [0.25, 0.3) is 0 Å². The monoisotopic (exact) mass is 193 g/mol. The van der Waals surface area contributed by atoms with Gasteiger partial charge in [0.05, 0.1) is 0 Å². The molecule has 2 N–H and O–H groups in total. The lowest BCUT2D eigenvalue weighted by molar-refractivity contribution is 0.511. The van der Waals surface area contributed by atoms with Crippen LogP contribution in [-0.2, 0) is 5.41 Å². The molecule has 2 saturated carbocycles. The first-order valence-electron chi connectivity index (χ1n) is 5.02. The largest absolute Gasteiger partial charge is 0.324 e. The summed E-state index contributed by atoms with van der Waals surface area (Å²) in [5.74, 6) is 0. The van der Waals surface area contributed by atoms with E-state index in [1.165, 1.54) is 30.6 Å². The van der Waals surface area contributed by atoms with Gasteiger partial charge < -0.3 is 5.73 Å². The minimum Gasteiger partial charge on any atom is -0.324 e. The molecule has 0 unspecified atom stereocenters. The second kappa shape index (κ2) is 2.18. The van der Waals surface area contributed by atoms with E-state index in [4.69, 9.17) is 5.73 Å². The molecule has 0 aromatic carbocycles. The zero-order valence-corrected chi connectivity index (χ0v) is 8.79. The van der Waals surface area contributed by atoms with Gasteiger partial charge in [-0.25, -0.2) is 0 Å². The summed E-state index contributed by atoms with van der Waals surface area (Å²) in [7, 11) is 0. The van der Waals surface area contributed by atoms with Crippen molar-refractivity contribution in [1.29, 1.82) is 0 Å². The summed E-state index contributed by atoms with van der Waals surface area (Å²) < 4.78 is 0. The minimum atomic E-state index is 0.185. The Morgan fingerprint density at radius 3 is 2.31 bits per heavy atom. The Kier molecular flexibility index (Phi) is 1.34. The highest BCUT2D eigenvalue weighted by molar-refractivity contribution is 7.12. The van der Waals surface area contributed by atoms with Crippen molar-refractivity contribution in [2.75, 3.05) is 0 Å². The molecule has 3 rings (SSSR count). The Bertz CT molecular complexity index is 345. The van der Waals surface area contributed by atoms with Gasteiger partial charge in [-0.05, 0) is 44.7 Å². The van der Waals surface area contributed by atoms with E-state index in [2.05, 4.69) is 19.1 Å². The standard InChI is InChI=1S/C11H15NS/c1-8-2-3-9(13-8)10(4-5-10)11(12)6-7-11/h2-3H,4-7,12H2,1H3. The Morgan fingerprint density at radius 2 is 1.92 bits per heavy atom. The van der Waals surface area contributed by atoms with Crippen molar-refractivity contribution < 1.29 is 0 Å². The lowest BCUT2D eigenvalue weighted by Gasteiger charge is -2.21. The van der Waals surface area contributed by atoms with Crippen LogP contribution in [0.3, 0.4) is 0 Å². The van der Waals surface area contributed by atoms with Crippen molar-refractivity contribution in [2.45, 2.75) is 43.6 Å². The van der Waals surface area contributed by atoms with Crippen LogP contribution in [0.5, 0.6) is 0 Å². The minimum absolute atomic E-state index is 0.185. The molecule has 1 aromatic heterocycles. The number of nitrogens with two attached hydrogens (primary N) is 1. The van der Waals surface area contributed by atoms with Gasteiger partial charge in [-0.3, -0.25) is 0 Å². The number of hydrogen-bond acceptors (Lipinski definition) is 2. The van der Waals surface area contributed by atoms with Crippen LogP contribution < -0.4 is 5.73 Å². The third kappa shape index (κ3) is 0.960. The molecule has 70 valence electrons.